The smallest absolute Gasteiger partial charge is 0.279 e. The molecule has 9 heteroatoms. The van der Waals surface area contributed by atoms with Gasteiger partial charge in [-0.15, -0.1) is 0 Å². The van der Waals surface area contributed by atoms with Crippen molar-refractivity contribution in [3.63, 3.8) is 0 Å². The topological polar surface area (TPSA) is 81.0 Å². The molecule has 0 aliphatic carbocycles. The van der Waals surface area contributed by atoms with Gasteiger partial charge in [0.05, 0.1) is 16.7 Å². The number of carbonyl (C=O) groups excluding carboxylic acids is 1. The molecular weight excluding hydrogens is 482 g/mol. The molecule has 0 fully saturated rings. The Hall–Kier alpha value is -2.49. The quantitative estimate of drug-likeness (QED) is 0.396. The van der Waals surface area contributed by atoms with Gasteiger partial charge < -0.3 is 9.30 Å². The van der Waals surface area contributed by atoms with Crippen molar-refractivity contribution in [2.45, 2.75) is 53.0 Å². The van der Waals surface area contributed by atoms with Crippen LogP contribution in [0.25, 0.3) is 10.2 Å². The Labute approximate surface area is 212 Å². The van der Waals surface area contributed by atoms with Crippen LogP contribution in [-0.2, 0) is 16.6 Å². The van der Waals surface area contributed by atoms with E-state index in [0.717, 1.165) is 21.5 Å². The van der Waals surface area contributed by atoms with Crippen molar-refractivity contribution in [1.82, 2.24) is 8.87 Å². The summed E-state index contributed by atoms with van der Waals surface area (Å²) in [5.74, 6) is 0.731. The van der Waals surface area contributed by atoms with Crippen LogP contribution in [-0.4, -0.2) is 43.4 Å². The number of ether oxygens (including phenoxy) is 1. The molecule has 0 radical (unpaired) electrons. The second-order valence-corrected chi connectivity index (χ2v) is 12.4. The summed E-state index contributed by atoms with van der Waals surface area (Å²) in [6.45, 7) is 13.5. The Morgan fingerprint density at radius 1 is 1.06 bits per heavy atom. The molecule has 3 rings (SSSR count). The highest BCUT2D eigenvalue weighted by molar-refractivity contribution is 7.89. The van der Waals surface area contributed by atoms with Crippen LogP contribution in [0.15, 0.2) is 46.3 Å². The Morgan fingerprint density at radius 2 is 1.66 bits per heavy atom. The summed E-state index contributed by atoms with van der Waals surface area (Å²) in [4.78, 5) is 18.2. The maximum Gasteiger partial charge on any atom is 0.279 e. The molecule has 35 heavy (non-hydrogen) atoms. The van der Waals surface area contributed by atoms with Crippen LogP contribution in [0.2, 0.25) is 0 Å². The zero-order chi connectivity index (χ0) is 25.9. The molecule has 0 aliphatic rings. The minimum atomic E-state index is -3.66. The van der Waals surface area contributed by atoms with Gasteiger partial charge >= 0.3 is 0 Å². The van der Waals surface area contributed by atoms with E-state index in [9.17, 15) is 13.2 Å². The van der Waals surface area contributed by atoms with Gasteiger partial charge in [0.25, 0.3) is 5.91 Å². The first-order chi connectivity index (χ1) is 16.5. The molecule has 1 amide bonds. The molecule has 0 atom stereocenters. The van der Waals surface area contributed by atoms with Crippen molar-refractivity contribution in [2.24, 2.45) is 16.8 Å². The number of nitrogens with zero attached hydrogens (tertiary/aromatic N) is 3. The first-order valence-corrected chi connectivity index (χ1v) is 14.1. The highest BCUT2D eigenvalue weighted by atomic mass is 32.2. The number of benzene rings is 2. The third-order valence-electron chi connectivity index (χ3n) is 5.60. The van der Waals surface area contributed by atoms with Crippen LogP contribution >= 0.6 is 11.3 Å². The molecule has 2 aromatic carbocycles. The Bertz CT molecular complexity index is 1360. The number of methoxy groups -OCH3 is 1. The molecule has 0 bridgehead atoms. The molecule has 3 aromatic rings. The number of hydrogen-bond acceptors (Lipinski definition) is 5. The molecule has 0 aliphatic heterocycles. The minimum absolute atomic E-state index is 0.182. The lowest BCUT2D eigenvalue weighted by atomic mass is 10.2. The highest BCUT2D eigenvalue weighted by Crippen LogP contribution is 2.30. The van der Waals surface area contributed by atoms with Crippen LogP contribution in [0.5, 0.6) is 5.75 Å². The fourth-order valence-electron chi connectivity index (χ4n) is 3.98. The van der Waals surface area contributed by atoms with E-state index in [1.165, 1.54) is 39.9 Å². The van der Waals surface area contributed by atoms with E-state index in [4.69, 9.17) is 4.74 Å². The molecule has 0 unspecified atom stereocenters. The second kappa shape index (κ2) is 11.1. The van der Waals surface area contributed by atoms with E-state index >= 15 is 0 Å². The molecule has 0 saturated heterocycles. The minimum Gasteiger partial charge on any atom is -0.495 e. The molecule has 1 aromatic heterocycles. The first-order valence-electron chi connectivity index (χ1n) is 11.9. The SMILES string of the molecule is CCn1c(=NC(=O)c2ccc(S(=O)(=O)N(CC(C)C)CC(C)C)cc2)sc2c(C)ccc(OC)c21. The number of aromatic nitrogens is 1. The normalized spacial score (nSPS) is 12.9. The Kier molecular flexibility index (Phi) is 8.56. The molecular formula is C26H35N3O4S2. The molecule has 7 nitrogen and oxygen atoms in total. The van der Waals surface area contributed by atoms with Crippen molar-refractivity contribution >= 4 is 37.5 Å². The van der Waals surface area contributed by atoms with Gasteiger partial charge in [-0.3, -0.25) is 4.79 Å². The van der Waals surface area contributed by atoms with Gasteiger partial charge in [0.1, 0.15) is 11.3 Å². The number of hydrogen-bond donors (Lipinski definition) is 0. The summed E-state index contributed by atoms with van der Waals surface area (Å²) in [5.41, 5.74) is 2.35. The third-order valence-corrected chi connectivity index (χ3v) is 8.66. The van der Waals surface area contributed by atoms with Crippen LogP contribution < -0.4 is 9.54 Å². The standard InChI is InChI=1S/C26H35N3O4S2/c1-8-29-23-22(33-7)14-9-19(6)24(23)34-26(29)27-25(30)20-10-12-21(13-11-20)35(31,32)28(15-17(2)3)16-18(4)5/h9-14,17-18H,8,15-16H2,1-7H3. The number of aryl methyl sites for hydroxylation is 2. The Balaban J connectivity index is 1.98. The van der Waals surface area contributed by atoms with Crippen LogP contribution in [0.4, 0.5) is 0 Å². The zero-order valence-corrected chi connectivity index (χ0v) is 23.2. The summed E-state index contributed by atoms with van der Waals surface area (Å²) in [5, 5.41) is 0. The van der Waals surface area contributed by atoms with Gasteiger partial charge in [-0.2, -0.15) is 9.30 Å². The van der Waals surface area contributed by atoms with Crippen molar-refractivity contribution in [3.8, 4) is 5.75 Å². The van der Waals surface area contributed by atoms with Crippen molar-refractivity contribution in [2.75, 3.05) is 20.2 Å². The molecule has 1 heterocycles. The predicted molar refractivity (Wildman–Crippen MR) is 142 cm³/mol. The van der Waals surface area contributed by atoms with Gasteiger partial charge in [0, 0.05) is 25.2 Å². The molecule has 190 valence electrons. The van der Waals surface area contributed by atoms with Gasteiger partial charge in [0.15, 0.2) is 4.80 Å². The molecule has 0 spiro atoms. The van der Waals surface area contributed by atoms with Crippen molar-refractivity contribution in [1.29, 1.82) is 0 Å². The number of sulfonamides is 1. The summed E-state index contributed by atoms with van der Waals surface area (Å²) in [6, 6.07) is 9.98. The first kappa shape index (κ1) is 27.1. The number of carbonyl (C=O) groups is 1. The fraction of sp³-hybridized carbons (Fsp3) is 0.462. The van der Waals surface area contributed by atoms with E-state index in [-0.39, 0.29) is 16.7 Å². The van der Waals surface area contributed by atoms with Crippen molar-refractivity contribution in [3.05, 3.63) is 52.3 Å². The maximum absolute atomic E-state index is 13.3. The summed E-state index contributed by atoms with van der Waals surface area (Å²) in [7, 11) is -2.03. The van der Waals surface area contributed by atoms with Gasteiger partial charge in [-0.25, -0.2) is 8.42 Å². The highest BCUT2D eigenvalue weighted by Gasteiger charge is 2.26. The van der Waals surface area contributed by atoms with Gasteiger partial charge in [0.2, 0.25) is 10.0 Å². The van der Waals surface area contributed by atoms with Gasteiger partial charge in [-0.05, 0) is 61.6 Å². The van der Waals surface area contributed by atoms with Crippen LogP contribution in [0.1, 0.15) is 50.5 Å². The monoisotopic (exact) mass is 517 g/mol. The second-order valence-electron chi connectivity index (χ2n) is 9.44. The lowest BCUT2D eigenvalue weighted by Crippen LogP contribution is -2.37. The summed E-state index contributed by atoms with van der Waals surface area (Å²) < 4.78 is 36.6. The third kappa shape index (κ3) is 5.85. The lowest BCUT2D eigenvalue weighted by molar-refractivity contribution is 0.0997. The maximum atomic E-state index is 13.3. The summed E-state index contributed by atoms with van der Waals surface area (Å²) in [6.07, 6.45) is 0. The fourth-order valence-corrected chi connectivity index (χ4v) is 6.92. The van der Waals surface area contributed by atoms with Gasteiger partial charge in [-0.1, -0.05) is 45.1 Å². The van der Waals surface area contributed by atoms with E-state index in [0.29, 0.717) is 30.0 Å². The van der Waals surface area contributed by atoms with Crippen LogP contribution in [0, 0.1) is 18.8 Å². The number of fused-ring (bicyclic) bond motifs is 1. The molecule has 0 saturated carbocycles. The van der Waals surface area contributed by atoms with E-state index in [1.807, 2.05) is 58.2 Å². The lowest BCUT2D eigenvalue weighted by Gasteiger charge is -2.25. The predicted octanol–water partition coefficient (Wildman–Crippen LogP) is 5.08. The average molecular weight is 518 g/mol. The average Bonchev–Trinajstić information content (AvgIpc) is 3.17. The number of thiazole rings is 1. The Morgan fingerprint density at radius 3 is 2.17 bits per heavy atom. The zero-order valence-electron chi connectivity index (χ0n) is 21.5. The largest absolute Gasteiger partial charge is 0.495 e. The number of rotatable bonds is 9. The molecule has 0 N–H and O–H groups in total. The number of amides is 1. The van der Waals surface area contributed by atoms with Crippen LogP contribution in [0.3, 0.4) is 0 Å². The van der Waals surface area contributed by atoms with E-state index < -0.39 is 15.9 Å². The van der Waals surface area contributed by atoms with E-state index in [1.54, 1.807) is 7.11 Å². The van der Waals surface area contributed by atoms with E-state index in [2.05, 4.69) is 4.99 Å². The summed E-state index contributed by atoms with van der Waals surface area (Å²) >= 11 is 1.44. The van der Waals surface area contributed by atoms with Crippen molar-refractivity contribution < 1.29 is 17.9 Å².